The van der Waals surface area contributed by atoms with Crippen molar-refractivity contribution in [2.45, 2.75) is 19.5 Å². The first-order chi connectivity index (χ1) is 12.3. The van der Waals surface area contributed by atoms with Crippen LogP contribution in [0.1, 0.15) is 21.7 Å². The fraction of sp³-hybridized carbons (Fsp3) is 0.235. The lowest BCUT2D eigenvalue weighted by Crippen LogP contribution is -2.42. The van der Waals surface area contributed by atoms with E-state index in [1.165, 1.54) is 9.47 Å². The molecule has 1 aromatic carbocycles. The van der Waals surface area contributed by atoms with Gasteiger partial charge in [-0.3, -0.25) is 14.4 Å². The lowest BCUT2D eigenvalue weighted by molar-refractivity contribution is -0.136. The highest BCUT2D eigenvalue weighted by molar-refractivity contribution is 6.42. The molecule has 0 saturated carbocycles. The summed E-state index contributed by atoms with van der Waals surface area (Å²) in [6.45, 7) is 0.770. The van der Waals surface area contributed by atoms with E-state index in [4.69, 9.17) is 28.3 Å². The maximum Gasteiger partial charge on any atom is 0.309 e. The lowest BCUT2D eigenvalue weighted by atomic mass is 10.1. The van der Waals surface area contributed by atoms with Gasteiger partial charge in [0.25, 0.3) is 5.91 Å². The number of amides is 1. The molecule has 0 bridgehead atoms. The molecule has 0 unspecified atom stereocenters. The average Bonchev–Trinajstić information content (AvgIpc) is 2.57. The standard InChI is InChI=1S/C17H14Cl2N2O5/c18-11-2-1-9(5-12(11)19)8-20-3-4-21-10(7-14(23)24)6-13(22)16(25)15(21)17(20)26/h1-2,5-6,25H,3-4,7-8H2,(H,23,24). The third-order valence-electron chi connectivity index (χ3n) is 4.15. The van der Waals surface area contributed by atoms with Gasteiger partial charge in [0.15, 0.2) is 11.4 Å². The fourth-order valence-corrected chi connectivity index (χ4v) is 3.26. The Morgan fingerprint density at radius 2 is 1.85 bits per heavy atom. The van der Waals surface area contributed by atoms with E-state index in [1.807, 2.05) is 0 Å². The van der Waals surface area contributed by atoms with Gasteiger partial charge in [-0.05, 0) is 17.7 Å². The van der Waals surface area contributed by atoms with E-state index in [2.05, 4.69) is 0 Å². The number of pyridine rings is 1. The number of carboxylic acids is 1. The van der Waals surface area contributed by atoms with Gasteiger partial charge in [0.05, 0.1) is 16.5 Å². The molecule has 1 aliphatic rings. The molecular formula is C17H14Cl2N2O5. The van der Waals surface area contributed by atoms with Crippen molar-refractivity contribution < 1.29 is 19.8 Å². The van der Waals surface area contributed by atoms with Gasteiger partial charge in [-0.25, -0.2) is 0 Å². The summed E-state index contributed by atoms with van der Waals surface area (Å²) in [5.74, 6) is -2.36. The summed E-state index contributed by atoms with van der Waals surface area (Å²) in [4.78, 5) is 37.2. The highest BCUT2D eigenvalue weighted by atomic mass is 35.5. The van der Waals surface area contributed by atoms with Crippen molar-refractivity contribution in [2.24, 2.45) is 0 Å². The molecular weight excluding hydrogens is 383 g/mol. The Labute approximate surface area is 158 Å². The number of aromatic hydroxyl groups is 1. The van der Waals surface area contributed by atoms with Gasteiger partial charge in [-0.2, -0.15) is 0 Å². The summed E-state index contributed by atoms with van der Waals surface area (Å²) < 4.78 is 1.39. The van der Waals surface area contributed by atoms with Crippen LogP contribution in [-0.4, -0.2) is 38.1 Å². The molecule has 136 valence electrons. The van der Waals surface area contributed by atoms with Crippen molar-refractivity contribution in [1.82, 2.24) is 9.47 Å². The van der Waals surface area contributed by atoms with Crippen molar-refractivity contribution in [3.8, 4) is 5.75 Å². The van der Waals surface area contributed by atoms with Gasteiger partial charge >= 0.3 is 5.97 Å². The number of hydrogen-bond acceptors (Lipinski definition) is 4. The Morgan fingerprint density at radius 1 is 1.12 bits per heavy atom. The minimum atomic E-state index is -1.13. The van der Waals surface area contributed by atoms with Crippen LogP contribution < -0.4 is 5.43 Å². The van der Waals surface area contributed by atoms with E-state index >= 15 is 0 Å². The molecule has 0 aliphatic carbocycles. The van der Waals surface area contributed by atoms with E-state index < -0.39 is 29.5 Å². The molecule has 1 aromatic heterocycles. The van der Waals surface area contributed by atoms with Gasteiger partial charge in [-0.15, -0.1) is 0 Å². The molecule has 0 radical (unpaired) electrons. The predicted molar refractivity (Wildman–Crippen MR) is 94.9 cm³/mol. The molecule has 2 heterocycles. The summed E-state index contributed by atoms with van der Waals surface area (Å²) in [5, 5.41) is 19.8. The monoisotopic (exact) mass is 396 g/mol. The number of rotatable bonds is 4. The quantitative estimate of drug-likeness (QED) is 0.824. The number of nitrogens with zero attached hydrogens (tertiary/aromatic N) is 2. The summed E-state index contributed by atoms with van der Waals surface area (Å²) in [6, 6.07) is 6.03. The first kappa shape index (κ1) is 18.3. The number of carbonyl (C=O) groups is 2. The molecule has 2 N–H and O–H groups in total. The van der Waals surface area contributed by atoms with Crippen LogP contribution in [0, 0.1) is 0 Å². The molecule has 26 heavy (non-hydrogen) atoms. The number of hydrogen-bond donors (Lipinski definition) is 2. The fourth-order valence-electron chi connectivity index (χ4n) is 2.94. The third-order valence-corrected chi connectivity index (χ3v) is 4.88. The molecule has 0 saturated heterocycles. The van der Waals surface area contributed by atoms with Crippen molar-refractivity contribution in [3.05, 3.63) is 61.5 Å². The molecule has 1 amide bonds. The Balaban J connectivity index is 1.96. The predicted octanol–water partition coefficient (Wildman–Crippen LogP) is 2.14. The average molecular weight is 397 g/mol. The van der Waals surface area contributed by atoms with Gasteiger partial charge in [0.1, 0.15) is 0 Å². The largest absolute Gasteiger partial charge is 0.503 e. The number of halogens is 2. The molecule has 3 rings (SSSR count). The minimum absolute atomic E-state index is 0.179. The second kappa shape index (κ2) is 7.01. The van der Waals surface area contributed by atoms with Crippen LogP contribution in [0.4, 0.5) is 0 Å². The third kappa shape index (κ3) is 3.40. The summed E-state index contributed by atoms with van der Waals surface area (Å²) in [5.41, 5.74) is -0.0557. The van der Waals surface area contributed by atoms with Gasteiger partial charge in [0.2, 0.25) is 5.43 Å². The maximum absolute atomic E-state index is 12.8. The number of aliphatic carboxylic acids is 1. The number of benzene rings is 1. The van der Waals surface area contributed by atoms with Crippen LogP contribution in [0.15, 0.2) is 29.1 Å². The minimum Gasteiger partial charge on any atom is -0.503 e. The Kier molecular flexibility index (Phi) is 4.93. The van der Waals surface area contributed by atoms with Crippen LogP contribution in [-0.2, 0) is 24.3 Å². The molecule has 1 aliphatic heterocycles. The zero-order chi connectivity index (χ0) is 19.0. The molecule has 9 heteroatoms. The van der Waals surface area contributed by atoms with Crippen LogP contribution in [0.3, 0.4) is 0 Å². The van der Waals surface area contributed by atoms with Crippen molar-refractivity contribution in [1.29, 1.82) is 0 Å². The van der Waals surface area contributed by atoms with Gasteiger partial charge in [-0.1, -0.05) is 29.3 Å². The molecule has 7 nitrogen and oxygen atoms in total. The Hall–Kier alpha value is -2.51. The number of fused-ring (bicyclic) bond motifs is 1. The molecule has 0 spiro atoms. The van der Waals surface area contributed by atoms with E-state index in [-0.39, 0.29) is 24.5 Å². The zero-order valence-electron chi connectivity index (χ0n) is 13.4. The maximum atomic E-state index is 12.8. The first-order valence-electron chi connectivity index (χ1n) is 7.68. The number of aromatic nitrogens is 1. The smallest absolute Gasteiger partial charge is 0.309 e. The van der Waals surface area contributed by atoms with Crippen LogP contribution >= 0.6 is 23.2 Å². The SMILES string of the molecule is O=C(O)Cc1cc(=O)c(O)c2n1CCN(Cc1ccc(Cl)c(Cl)c1)C2=O. The van der Waals surface area contributed by atoms with Gasteiger partial charge < -0.3 is 19.7 Å². The summed E-state index contributed by atoms with van der Waals surface area (Å²) in [6.07, 6.45) is -0.414. The normalized spacial score (nSPS) is 13.6. The van der Waals surface area contributed by atoms with E-state index in [1.54, 1.807) is 18.2 Å². The second-order valence-corrected chi connectivity index (χ2v) is 6.71. The lowest BCUT2D eigenvalue weighted by Gasteiger charge is -2.31. The Bertz CT molecular complexity index is 970. The number of carboxylic acid groups (broad SMARTS) is 1. The van der Waals surface area contributed by atoms with Crippen molar-refractivity contribution in [2.75, 3.05) is 6.54 Å². The topological polar surface area (TPSA) is 99.8 Å². The van der Waals surface area contributed by atoms with Crippen LogP contribution in [0.25, 0.3) is 0 Å². The van der Waals surface area contributed by atoms with Crippen LogP contribution in [0.2, 0.25) is 10.0 Å². The summed E-state index contributed by atoms with van der Waals surface area (Å²) >= 11 is 11.9. The first-order valence-corrected chi connectivity index (χ1v) is 8.44. The summed E-state index contributed by atoms with van der Waals surface area (Å²) in [7, 11) is 0. The molecule has 2 aromatic rings. The van der Waals surface area contributed by atoms with Crippen molar-refractivity contribution in [3.63, 3.8) is 0 Å². The van der Waals surface area contributed by atoms with Crippen LogP contribution in [0.5, 0.6) is 5.75 Å². The molecule has 0 fully saturated rings. The molecule has 0 atom stereocenters. The van der Waals surface area contributed by atoms with E-state index in [0.29, 0.717) is 16.6 Å². The highest BCUT2D eigenvalue weighted by Crippen LogP contribution is 2.26. The number of carbonyl (C=O) groups excluding carboxylic acids is 1. The second-order valence-electron chi connectivity index (χ2n) is 5.89. The Morgan fingerprint density at radius 3 is 2.50 bits per heavy atom. The van der Waals surface area contributed by atoms with E-state index in [0.717, 1.165) is 11.6 Å². The highest BCUT2D eigenvalue weighted by Gasteiger charge is 2.30. The van der Waals surface area contributed by atoms with E-state index in [9.17, 15) is 19.5 Å². The zero-order valence-corrected chi connectivity index (χ0v) is 14.9. The van der Waals surface area contributed by atoms with Gasteiger partial charge in [0, 0.05) is 31.4 Å². The van der Waals surface area contributed by atoms with Crippen molar-refractivity contribution >= 4 is 35.1 Å².